The zero-order valence-corrected chi connectivity index (χ0v) is 20.7. The Balaban J connectivity index is 1.81. The summed E-state index contributed by atoms with van der Waals surface area (Å²) in [6, 6.07) is 7.28. The van der Waals surface area contributed by atoms with Gasteiger partial charge in [0.1, 0.15) is 0 Å². The summed E-state index contributed by atoms with van der Waals surface area (Å²) in [5.41, 5.74) is 3.36. The summed E-state index contributed by atoms with van der Waals surface area (Å²) in [5.74, 6) is -1.16. The van der Waals surface area contributed by atoms with Gasteiger partial charge in [-0.3, -0.25) is 4.79 Å². The van der Waals surface area contributed by atoms with Gasteiger partial charge in [0.2, 0.25) is 5.91 Å². The van der Waals surface area contributed by atoms with Crippen molar-refractivity contribution in [3.8, 4) is 11.1 Å². The summed E-state index contributed by atoms with van der Waals surface area (Å²) < 4.78 is 6.23. The van der Waals surface area contributed by atoms with Gasteiger partial charge in [0, 0.05) is 30.1 Å². The Kier molecular flexibility index (Phi) is 9.09. The predicted molar refractivity (Wildman–Crippen MR) is 133 cm³/mol. The van der Waals surface area contributed by atoms with Gasteiger partial charge in [-0.05, 0) is 64.9 Å². The van der Waals surface area contributed by atoms with Crippen LogP contribution in [-0.4, -0.2) is 41.3 Å². The fourth-order valence-corrected chi connectivity index (χ4v) is 5.02. The third-order valence-corrected chi connectivity index (χ3v) is 6.99. The molecule has 1 aromatic heterocycles. The molecule has 1 heterocycles. The van der Waals surface area contributed by atoms with E-state index in [2.05, 4.69) is 16.0 Å². The van der Waals surface area contributed by atoms with E-state index in [4.69, 9.17) is 16.3 Å². The second-order valence-electron chi connectivity index (χ2n) is 8.27. The summed E-state index contributed by atoms with van der Waals surface area (Å²) >= 11 is 8.20. The van der Waals surface area contributed by atoms with Crippen LogP contribution in [0.4, 0.5) is 0 Å². The zero-order valence-electron chi connectivity index (χ0n) is 19.1. The minimum Gasteiger partial charge on any atom is -0.478 e. The minimum absolute atomic E-state index is 0.0182. The van der Waals surface area contributed by atoms with E-state index < -0.39 is 18.1 Å². The van der Waals surface area contributed by atoms with Crippen molar-refractivity contribution in [3.05, 3.63) is 57.3 Å². The van der Waals surface area contributed by atoms with Gasteiger partial charge in [-0.25, -0.2) is 4.79 Å². The van der Waals surface area contributed by atoms with Crippen molar-refractivity contribution in [2.24, 2.45) is 0 Å². The van der Waals surface area contributed by atoms with Crippen molar-refractivity contribution in [1.82, 2.24) is 10.6 Å². The second kappa shape index (κ2) is 11.8. The van der Waals surface area contributed by atoms with E-state index in [-0.39, 0.29) is 30.0 Å². The normalized spacial score (nSPS) is 20.5. The molecule has 1 aromatic carbocycles. The van der Waals surface area contributed by atoms with Crippen LogP contribution in [0.5, 0.6) is 0 Å². The number of rotatable bonds is 10. The fourth-order valence-electron chi connectivity index (χ4n) is 4.11. The largest absolute Gasteiger partial charge is 0.478 e. The minimum atomic E-state index is -0.973. The number of carbonyl (C=O) groups is 2. The molecule has 6 nitrogen and oxygen atoms in total. The molecule has 178 valence electrons. The standard InChI is InChI=1S/C25H31ClN2O4S/c1-4-20(5-2)32-23-12-19(25(30)31)11-22(24(23)28-15(3)29)27-13-17-7-6-16(10-21(17)26)18-8-9-33-14-18/h6-10,12,14,20,22-24,27H,4-5,11,13H2,1-3H3,(H,28,29)(H,30,31)/t22-,23+,24+/m0/s1. The molecule has 0 aliphatic heterocycles. The lowest BCUT2D eigenvalue weighted by molar-refractivity contribution is -0.133. The third-order valence-electron chi connectivity index (χ3n) is 5.96. The van der Waals surface area contributed by atoms with E-state index in [1.807, 2.05) is 43.5 Å². The molecule has 33 heavy (non-hydrogen) atoms. The average Bonchev–Trinajstić information content (AvgIpc) is 3.32. The molecule has 1 amide bonds. The summed E-state index contributed by atoms with van der Waals surface area (Å²) in [6.45, 7) is 5.96. The number of halogens is 1. The zero-order chi connectivity index (χ0) is 24.0. The molecule has 1 aliphatic carbocycles. The molecule has 3 N–H and O–H groups in total. The molecule has 2 aromatic rings. The third kappa shape index (κ3) is 6.67. The maximum absolute atomic E-state index is 12.0. The van der Waals surface area contributed by atoms with E-state index in [1.54, 1.807) is 17.4 Å². The van der Waals surface area contributed by atoms with Crippen LogP contribution in [-0.2, 0) is 20.9 Å². The first-order valence-electron chi connectivity index (χ1n) is 11.2. The SMILES string of the molecule is CCC(CC)O[C@@H]1C=C(C(=O)O)C[C@H](NCc2ccc(-c3ccsc3)cc2Cl)[C@H]1NC(C)=O. The van der Waals surface area contributed by atoms with E-state index in [0.29, 0.717) is 11.6 Å². The van der Waals surface area contributed by atoms with Gasteiger partial charge in [0.15, 0.2) is 0 Å². The molecule has 0 saturated carbocycles. The monoisotopic (exact) mass is 490 g/mol. The second-order valence-corrected chi connectivity index (χ2v) is 9.46. The van der Waals surface area contributed by atoms with Crippen LogP contribution < -0.4 is 10.6 Å². The van der Waals surface area contributed by atoms with E-state index >= 15 is 0 Å². The maximum atomic E-state index is 12.0. The Bertz CT molecular complexity index is 988. The molecule has 0 bridgehead atoms. The molecular weight excluding hydrogens is 460 g/mol. The molecule has 0 unspecified atom stereocenters. The number of thiophene rings is 1. The number of amides is 1. The van der Waals surface area contributed by atoms with Gasteiger partial charge >= 0.3 is 5.97 Å². The van der Waals surface area contributed by atoms with Crippen molar-refractivity contribution in [3.63, 3.8) is 0 Å². The Morgan fingerprint density at radius 1 is 1.24 bits per heavy atom. The van der Waals surface area contributed by atoms with Crippen molar-refractivity contribution in [1.29, 1.82) is 0 Å². The Morgan fingerprint density at radius 2 is 2.00 bits per heavy atom. The smallest absolute Gasteiger partial charge is 0.331 e. The average molecular weight is 491 g/mol. The van der Waals surface area contributed by atoms with Crippen LogP contribution in [0, 0.1) is 0 Å². The Hall–Kier alpha value is -2.19. The molecule has 1 aliphatic rings. The highest BCUT2D eigenvalue weighted by Gasteiger charge is 2.37. The number of hydrogen-bond donors (Lipinski definition) is 3. The molecule has 3 rings (SSSR count). The highest BCUT2D eigenvalue weighted by Crippen LogP contribution is 2.29. The maximum Gasteiger partial charge on any atom is 0.331 e. The van der Waals surface area contributed by atoms with Gasteiger partial charge in [0.05, 0.1) is 18.2 Å². The topological polar surface area (TPSA) is 87.7 Å². The first kappa shape index (κ1) is 25.4. The Morgan fingerprint density at radius 3 is 2.58 bits per heavy atom. The molecule has 3 atom stereocenters. The van der Waals surface area contributed by atoms with Crippen molar-refractivity contribution >= 4 is 34.8 Å². The van der Waals surface area contributed by atoms with E-state index in [9.17, 15) is 14.7 Å². The van der Waals surface area contributed by atoms with Crippen LogP contribution in [0.15, 0.2) is 46.7 Å². The molecule has 0 saturated heterocycles. The van der Waals surface area contributed by atoms with E-state index in [1.165, 1.54) is 6.92 Å². The van der Waals surface area contributed by atoms with Crippen molar-refractivity contribution in [2.75, 3.05) is 0 Å². The van der Waals surface area contributed by atoms with Gasteiger partial charge < -0.3 is 20.5 Å². The summed E-state index contributed by atoms with van der Waals surface area (Å²) in [6.07, 6.45) is 2.97. The van der Waals surface area contributed by atoms with Crippen LogP contribution in [0.1, 0.15) is 45.6 Å². The van der Waals surface area contributed by atoms with Crippen LogP contribution >= 0.6 is 22.9 Å². The van der Waals surface area contributed by atoms with Crippen LogP contribution in [0.2, 0.25) is 5.02 Å². The van der Waals surface area contributed by atoms with Gasteiger partial charge in [-0.15, -0.1) is 0 Å². The van der Waals surface area contributed by atoms with Crippen molar-refractivity contribution in [2.45, 2.75) is 70.9 Å². The number of carbonyl (C=O) groups excluding carboxylic acids is 1. The number of ether oxygens (including phenoxy) is 1. The molecule has 0 fully saturated rings. The number of carboxylic acids is 1. The summed E-state index contributed by atoms with van der Waals surface area (Å²) in [7, 11) is 0. The number of hydrogen-bond acceptors (Lipinski definition) is 5. The number of nitrogens with one attached hydrogen (secondary N) is 2. The van der Waals surface area contributed by atoms with Gasteiger partial charge in [-0.2, -0.15) is 11.3 Å². The number of carboxylic acid groups (broad SMARTS) is 1. The molecule has 8 heteroatoms. The molecular formula is C25H31ClN2O4S. The predicted octanol–water partition coefficient (Wildman–Crippen LogP) is 5.02. The Labute approximate surface area is 204 Å². The van der Waals surface area contributed by atoms with Crippen LogP contribution in [0.3, 0.4) is 0 Å². The van der Waals surface area contributed by atoms with Gasteiger partial charge in [0.25, 0.3) is 0 Å². The van der Waals surface area contributed by atoms with Crippen LogP contribution in [0.25, 0.3) is 11.1 Å². The summed E-state index contributed by atoms with van der Waals surface area (Å²) in [5, 5.41) is 20.8. The first-order valence-corrected chi connectivity index (χ1v) is 12.5. The van der Waals surface area contributed by atoms with E-state index in [0.717, 1.165) is 29.5 Å². The fraction of sp³-hybridized carbons (Fsp3) is 0.440. The molecule has 0 radical (unpaired) electrons. The number of aliphatic carboxylic acids is 1. The summed E-state index contributed by atoms with van der Waals surface area (Å²) in [4.78, 5) is 23.8. The van der Waals surface area contributed by atoms with Crippen molar-refractivity contribution < 1.29 is 19.4 Å². The number of benzene rings is 1. The molecule has 0 spiro atoms. The highest BCUT2D eigenvalue weighted by molar-refractivity contribution is 7.08. The lowest BCUT2D eigenvalue weighted by Gasteiger charge is -2.38. The highest BCUT2D eigenvalue weighted by atomic mass is 35.5. The van der Waals surface area contributed by atoms with Gasteiger partial charge in [-0.1, -0.05) is 37.6 Å². The lowest BCUT2D eigenvalue weighted by atomic mass is 9.87. The quantitative estimate of drug-likeness (QED) is 0.435. The lowest BCUT2D eigenvalue weighted by Crippen LogP contribution is -2.58. The first-order chi connectivity index (χ1) is 15.8.